The third kappa shape index (κ3) is 2.47. The molecule has 0 aliphatic heterocycles. The van der Waals surface area contributed by atoms with E-state index in [9.17, 15) is 0 Å². The van der Waals surface area contributed by atoms with Crippen LogP contribution in [-0.4, -0.2) is 9.97 Å². The smallest absolute Gasteiger partial charge is 0.138 e. The quantitative estimate of drug-likeness (QED) is 0.722. The summed E-state index contributed by atoms with van der Waals surface area (Å²) in [5.41, 5.74) is 4.33. The Kier molecular flexibility index (Phi) is 3.22. The lowest BCUT2D eigenvalue weighted by molar-refractivity contribution is 1.25. The Balaban J connectivity index is 2.04. The van der Waals surface area contributed by atoms with Gasteiger partial charge in [-0.25, -0.2) is 4.98 Å². The van der Waals surface area contributed by atoms with E-state index in [1.165, 1.54) is 0 Å². The second kappa shape index (κ2) is 5.02. The molecule has 1 heterocycles. The van der Waals surface area contributed by atoms with Crippen LogP contribution in [0.25, 0.3) is 22.6 Å². The minimum absolute atomic E-state index is 0.906. The van der Waals surface area contributed by atoms with Crippen molar-refractivity contribution < 1.29 is 0 Å². The molecular formula is C16H13BrN2. The molecule has 0 fully saturated rings. The SMILES string of the molecule is Cc1[nH]c(-c2ccc(Br)cc2)nc1-c1ccccc1. The van der Waals surface area contributed by atoms with Crippen LogP contribution in [0.5, 0.6) is 0 Å². The van der Waals surface area contributed by atoms with Crippen LogP contribution in [0.2, 0.25) is 0 Å². The van der Waals surface area contributed by atoms with Gasteiger partial charge < -0.3 is 4.98 Å². The third-order valence-corrected chi connectivity index (χ3v) is 3.58. The average Bonchev–Trinajstić information content (AvgIpc) is 2.83. The molecule has 0 saturated heterocycles. The van der Waals surface area contributed by atoms with Crippen molar-refractivity contribution in [1.82, 2.24) is 9.97 Å². The summed E-state index contributed by atoms with van der Waals surface area (Å²) in [6.45, 7) is 2.05. The number of halogens is 1. The predicted molar refractivity (Wildman–Crippen MR) is 81.9 cm³/mol. The van der Waals surface area contributed by atoms with Crippen molar-refractivity contribution in [1.29, 1.82) is 0 Å². The molecule has 19 heavy (non-hydrogen) atoms. The van der Waals surface area contributed by atoms with Crippen molar-refractivity contribution in [2.24, 2.45) is 0 Å². The number of nitrogens with zero attached hydrogens (tertiary/aromatic N) is 1. The molecule has 0 bridgehead atoms. The normalized spacial score (nSPS) is 10.6. The van der Waals surface area contributed by atoms with Crippen LogP contribution in [-0.2, 0) is 0 Å². The van der Waals surface area contributed by atoms with Crippen molar-refractivity contribution >= 4 is 15.9 Å². The molecule has 0 spiro atoms. The Morgan fingerprint density at radius 1 is 0.895 bits per heavy atom. The van der Waals surface area contributed by atoms with Crippen molar-refractivity contribution in [3.05, 3.63) is 64.8 Å². The highest BCUT2D eigenvalue weighted by Gasteiger charge is 2.09. The van der Waals surface area contributed by atoms with Crippen molar-refractivity contribution in [3.63, 3.8) is 0 Å². The van der Waals surface area contributed by atoms with Gasteiger partial charge in [-0.3, -0.25) is 0 Å². The largest absolute Gasteiger partial charge is 0.342 e. The van der Waals surface area contributed by atoms with E-state index in [-0.39, 0.29) is 0 Å². The molecule has 0 saturated carbocycles. The summed E-state index contributed by atoms with van der Waals surface area (Å²) >= 11 is 3.44. The second-order valence-electron chi connectivity index (χ2n) is 4.43. The van der Waals surface area contributed by atoms with E-state index in [4.69, 9.17) is 4.98 Å². The number of aromatic amines is 1. The van der Waals surface area contributed by atoms with E-state index in [0.29, 0.717) is 0 Å². The molecule has 94 valence electrons. The number of aryl methyl sites for hydroxylation is 1. The van der Waals surface area contributed by atoms with E-state index in [1.807, 2.05) is 30.3 Å². The number of benzene rings is 2. The van der Waals surface area contributed by atoms with Gasteiger partial charge in [-0.2, -0.15) is 0 Å². The first-order chi connectivity index (χ1) is 9.24. The van der Waals surface area contributed by atoms with Crippen LogP contribution >= 0.6 is 15.9 Å². The van der Waals surface area contributed by atoms with Gasteiger partial charge in [0, 0.05) is 21.3 Å². The fraction of sp³-hybridized carbons (Fsp3) is 0.0625. The summed E-state index contributed by atoms with van der Waals surface area (Å²) in [6.07, 6.45) is 0. The van der Waals surface area contributed by atoms with E-state index >= 15 is 0 Å². The highest BCUT2D eigenvalue weighted by molar-refractivity contribution is 9.10. The maximum Gasteiger partial charge on any atom is 0.138 e. The fourth-order valence-corrected chi connectivity index (χ4v) is 2.35. The molecule has 0 radical (unpaired) electrons. The van der Waals surface area contributed by atoms with Gasteiger partial charge in [0.1, 0.15) is 5.82 Å². The molecule has 0 atom stereocenters. The zero-order valence-corrected chi connectivity index (χ0v) is 12.1. The predicted octanol–water partition coefficient (Wildman–Crippen LogP) is 4.81. The number of rotatable bonds is 2. The molecule has 3 rings (SSSR count). The number of imidazole rings is 1. The Bertz CT molecular complexity index is 685. The van der Waals surface area contributed by atoms with Crippen molar-refractivity contribution in [2.75, 3.05) is 0 Å². The van der Waals surface area contributed by atoms with Crippen molar-refractivity contribution in [2.45, 2.75) is 6.92 Å². The summed E-state index contributed by atoms with van der Waals surface area (Å²) in [5, 5.41) is 0. The Labute approximate surface area is 120 Å². The lowest BCUT2D eigenvalue weighted by Gasteiger charge is -1.97. The zero-order valence-electron chi connectivity index (χ0n) is 10.5. The minimum Gasteiger partial charge on any atom is -0.342 e. The molecule has 3 heteroatoms. The third-order valence-electron chi connectivity index (χ3n) is 3.05. The van der Waals surface area contributed by atoms with E-state index in [1.54, 1.807) is 0 Å². The van der Waals surface area contributed by atoms with Gasteiger partial charge in [0.05, 0.1) is 5.69 Å². The van der Waals surface area contributed by atoms with Gasteiger partial charge in [-0.1, -0.05) is 58.4 Å². The van der Waals surface area contributed by atoms with Gasteiger partial charge in [0.25, 0.3) is 0 Å². The lowest BCUT2D eigenvalue weighted by Crippen LogP contribution is -1.80. The first-order valence-electron chi connectivity index (χ1n) is 6.12. The van der Waals surface area contributed by atoms with Crippen LogP contribution in [0, 0.1) is 6.92 Å². The monoisotopic (exact) mass is 312 g/mol. The Morgan fingerprint density at radius 2 is 1.58 bits per heavy atom. The maximum atomic E-state index is 4.71. The molecular weight excluding hydrogens is 300 g/mol. The van der Waals surface area contributed by atoms with Gasteiger partial charge in [0.2, 0.25) is 0 Å². The molecule has 0 unspecified atom stereocenters. The van der Waals surface area contributed by atoms with E-state index in [2.05, 4.69) is 52.1 Å². The van der Waals surface area contributed by atoms with Gasteiger partial charge in [-0.05, 0) is 19.1 Å². The number of hydrogen-bond acceptors (Lipinski definition) is 1. The molecule has 2 aromatic carbocycles. The van der Waals surface area contributed by atoms with E-state index in [0.717, 1.165) is 32.8 Å². The molecule has 1 aromatic heterocycles. The van der Waals surface area contributed by atoms with Crippen LogP contribution in [0.1, 0.15) is 5.69 Å². The average molecular weight is 313 g/mol. The number of nitrogens with one attached hydrogen (secondary N) is 1. The minimum atomic E-state index is 0.906. The molecule has 0 aliphatic rings. The first-order valence-corrected chi connectivity index (χ1v) is 6.91. The van der Waals surface area contributed by atoms with Crippen LogP contribution in [0.3, 0.4) is 0 Å². The topological polar surface area (TPSA) is 28.7 Å². The summed E-state index contributed by atoms with van der Waals surface area (Å²) < 4.78 is 1.07. The molecule has 3 aromatic rings. The highest BCUT2D eigenvalue weighted by atomic mass is 79.9. The molecule has 2 nitrogen and oxygen atoms in total. The lowest BCUT2D eigenvalue weighted by atomic mass is 10.1. The number of hydrogen-bond donors (Lipinski definition) is 1. The fourth-order valence-electron chi connectivity index (χ4n) is 2.08. The zero-order chi connectivity index (χ0) is 13.2. The summed E-state index contributed by atoms with van der Waals surface area (Å²) in [4.78, 5) is 8.06. The summed E-state index contributed by atoms with van der Waals surface area (Å²) in [7, 11) is 0. The van der Waals surface area contributed by atoms with Gasteiger partial charge >= 0.3 is 0 Å². The maximum absolute atomic E-state index is 4.71. The Hall–Kier alpha value is -1.87. The highest BCUT2D eigenvalue weighted by Crippen LogP contribution is 2.26. The van der Waals surface area contributed by atoms with Crippen LogP contribution < -0.4 is 0 Å². The standard InChI is InChI=1S/C16H13BrN2/c1-11-15(12-5-3-2-4-6-12)19-16(18-11)13-7-9-14(17)10-8-13/h2-10H,1H3,(H,18,19). The van der Waals surface area contributed by atoms with Crippen LogP contribution in [0.4, 0.5) is 0 Å². The van der Waals surface area contributed by atoms with Gasteiger partial charge in [-0.15, -0.1) is 0 Å². The molecule has 0 amide bonds. The molecule has 0 aliphatic carbocycles. The first kappa shape index (κ1) is 12.2. The van der Waals surface area contributed by atoms with Gasteiger partial charge in [0.15, 0.2) is 0 Å². The van der Waals surface area contributed by atoms with E-state index < -0.39 is 0 Å². The number of aromatic nitrogens is 2. The molecule has 1 N–H and O–H groups in total. The Morgan fingerprint density at radius 3 is 2.26 bits per heavy atom. The summed E-state index contributed by atoms with van der Waals surface area (Å²) in [5.74, 6) is 0.906. The second-order valence-corrected chi connectivity index (χ2v) is 5.35. The number of H-pyrrole nitrogens is 1. The van der Waals surface area contributed by atoms with Crippen LogP contribution in [0.15, 0.2) is 59.1 Å². The van der Waals surface area contributed by atoms with Crippen molar-refractivity contribution in [3.8, 4) is 22.6 Å². The summed E-state index contributed by atoms with van der Waals surface area (Å²) in [6, 6.07) is 18.4.